The van der Waals surface area contributed by atoms with Crippen molar-refractivity contribution in [2.24, 2.45) is 0 Å². The van der Waals surface area contributed by atoms with Gasteiger partial charge in [-0.05, 0) is 43.0 Å². The molecule has 3 aromatic rings. The zero-order chi connectivity index (χ0) is 15.0. The lowest BCUT2D eigenvalue weighted by molar-refractivity contribution is 0.873. The molecule has 1 N–H and O–H groups in total. The Morgan fingerprint density at radius 1 is 1.19 bits per heavy atom. The molecule has 2 aromatic heterocycles. The van der Waals surface area contributed by atoms with Gasteiger partial charge in [0, 0.05) is 10.0 Å². The van der Waals surface area contributed by atoms with Crippen molar-refractivity contribution in [1.29, 1.82) is 0 Å². The number of fused-ring (bicyclic) bond motifs is 1. The highest BCUT2D eigenvalue weighted by atomic mass is 35.5. The number of benzene rings is 1. The van der Waals surface area contributed by atoms with E-state index in [1.54, 1.807) is 17.4 Å². The summed E-state index contributed by atoms with van der Waals surface area (Å²) in [6, 6.07) is 7.57. The molecule has 0 aliphatic heterocycles. The summed E-state index contributed by atoms with van der Waals surface area (Å²) in [7, 11) is 0. The summed E-state index contributed by atoms with van der Waals surface area (Å²) >= 11 is 13.8. The Morgan fingerprint density at radius 3 is 2.76 bits per heavy atom. The molecule has 108 valence electrons. The van der Waals surface area contributed by atoms with Gasteiger partial charge in [0.25, 0.3) is 0 Å². The van der Waals surface area contributed by atoms with Crippen LogP contribution in [0.5, 0.6) is 0 Å². The van der Waals surface area contributed by atoms with Gasteiger partial charge in [-0.3, -0.25) is 0 Å². The SMILES string of the molecule is Cc1nc(NC(C)c2ccc(Cl)cc2Cl)c2ccsc2n1. The highest BCUT2D eigenvalue weighted by Gasteiger charge is 2.13. The van der Waals surface area contributed by atoms with Crippen molar-refractivity contribution < 1.29 is 0 Å². The second kappa shape index (κ2) is 5.79. The van der Waals surface area contributed by atoms with E-state index in [0.717, 1.165) is 27.4 Å². The second-order valence-electron chi connectivity index (χ2n) is 4.79. The van der Waals surface area contributed by atoms with Crippen LogP contribution >= 0.6 is 34.5 Å². The third-order valence-electron chi connectivity index (χ3n) is 3.22. The Morgan fingerprint density at radius 2 is 2.00 bits per heavy atom. The minimum absolute atomic E-state index is 0.0205. The number of hydrogen-bond donors (Lipinski definition) is 1. The molecule has 21 heavy (non-hydrogen) atoms. The number of anilines is 1. The Balaban J connectivity index is 1.96. The molecule has 0 radical (unpaired) electrons. The number of rotatable bonds is 3. The predicted molar refractivity (Wildman–Crippen MR) is 90.7 cm³/mol. The van der Waals surface area contributed by atoms with Crippen LogP contribution in [0.15, 0.2) is 29.6 Å². The summed E-state index contributed by atoms with van der Waals surface area (Å²) in [5.41, 5.74) is 0.987. The van der Waals surface area contributed by atoms with E-state index in [1.165, 1.54) is 0 Å². The van der Waals surface area contributed by atoms with Crippen molar-refractivity contribution in [2.75, 3.05) is 5.32 Å². The van der Waals surface area contributed by atoms with Gasteiger partial charge < -0.3 is 5.32 Å². The summed E-state index contributed by atoms with van der Waals surface area (Å²) in [4.78, 5) is 9.92. The van der Waals surface area contributed by atoms with Gasteiger partial charge in [-0.1, -0.05) is 29.3 Å². The standard InChI is InChI=1S/C15H13Cl2N3S/c1-8(11-4-3-10(16)7-13(11)17)18-14-12-5-6-21-15(12)20-9(2)19-14/h3-8H,1-2H3,(H,18,19,20). The minimum atomic E-state index is 0.0205. The molecule has 0 amide bonds. The summed E-state index contributed by atoms with van der Waals surface area (Å²) in [5.74, 6) is 1.58. The first kappa shape index (κ1) is 14.6. The normalized spacial score (nSPS) is 12.6. The third-order valence-corrected chi connectivity index (χ3v) is 4.59. The molecule has 0 fully saturated rings. The average Bonchev–Trinajstić information content (AvgIpc) is 2.86. The molecule has 1 aromatic carbocycles. The highest BCUT2D eigenvalue weighted by molar-refractivity contribution is 7.16. The summed E-state index contributed by atoms with van der Waals surface area (Å²) in [6.07, 6.45) is 0. The fourth-order valence-electron chi connectivity index (χ4n) is 2.21. The van der Waals surface area contributed by atoms with Gasteiger partial charge in [-0.25, -0.2) is 9.97 Å². The van der Waals surface area contributed by atoms with Crippen LogP contribution in [0.25, 0.3) is 10.2 Å². The van der Waals surface area contributed by atoms with E-state index in [1.807, 2.05) is 37.4 Å². The van der Waals surface area contributed by atoms with E-state index in [2.05, 4.69) is 15.3 Å². The topological polar surface area (TPSA) is 37.8 Å². The maximum absolute atomic E-state index is 6.26. The van der Waals surface area contributed by atoms with E-state index in [4.69, 9.17) is 23.2 Å². The molecule has 1 unspecified atom stereocenters. The van der Waals surface area contributed by atoms with Crippen LogP contribution in [0.4, 0.5) is 5.82 Å². The minimum Gasteiger partial charge on any atom is -0.363 e. The molecule has 3 rings (SSSR count). The van der Waals surface area contributed by atoms with Crippen LogP contribution < -0.4 is 5.32 Å². The van der Waals surface area contributed by atoms with Crippen molar-refractivity contribution in [3.63, 3.8) is 0 Å². The van der Waals surface area contributed by atoms with Gasteiger partial charge in [0.15, 0.2) is 0 Å². The van der Waals surface area contributed by atoms with Crippen LogP contribution in [0, 0.1) is 6.92 Å². The van der Waals surface area contributed by atoms with E-state index in [9.17, 15) is 0 Å². The fraction of sp³-hybridized carbons (Fsp3) is 0.200. The summed E-state index contributed by atoms with van der Waals surface area (Å²) in [6.45, 7) is 3.94. The van der Waals surface area contributed by atoms with Gasteiger partial charge in [-0.15, -0.1) is 11.3 Å². The molecular formula is C15H13Cl2N3S. The zero-order valence-electron chi connectivity index (χ0n) is 11.5. The molecule has 0 spiro atoms. The number of thiophene rings is 1. The first-order valence-electron chi connectivity index (χ1n) is 6.48. The van der Waals surface area contributed by atoms with Crippen molar-refractivity contribution in [3.05, 3.63) is 51.1 Å². The zero-order valence-corrected chi connectivity index (χ0v) is 13.9. The quantitative estimate of drug-likeness (QED) is 0.687. The molecule has 0 aliphatic carbocycles. The highest BCUT2D eigenvalue weighted by Crippen LogP contribution is 2.31. The van der Waals surface area contributed by atoms with Gasteiger partial charge in [-0.2, -0.15) is 0 Å². The third kappa shape index (κ3) is 2.98. The number of nitrogens with zero attached hydrogens (tertiary/aromatic N) is 2. The van der Waals surface area contributed by atoms with E-state index < -0.39 is 0 Å². The lowest BCUT2D eigenvalue weighted by Crippen LogP contribution is -2.09. The average molecular weight is 338 g/mol. The molecule has 0 bridgehead atoms. The van der Waals surface area contributed by atoms with Crippen LogP contribution in [-0.2, 0) is 0 Å². The van der Waals surface area contributed by atoms with E-state index in [0.29, 0.717) is 10.0 Å². The second-order valence-corrected chi connectivity index (χ2v) is 6.53. The molecule has 0 aliphatic rings. The van der Waals surface area contributed by atoms with Crippen molar-refractivity contribution in [1.82, 2.24) is 9.97 Å². The first-order valence-corrected chi connectivity index (χ1v) is 8.11. The number of nitrogens with one attached hydrogen (secondary N) is 1. The molecule has 0 saturated carbocycles. The predicted octanol–water partition coefficient (Wildman–Crippen LogP) is 5.48. The maximum Gasteiger partial charge on any atom is 0.138 e. The molecule has 6 heteroatoms. The van der Waals surface area contributed by atoms with Gasteiger partial charge in [0.1, 0.15) is 16.5 Å². The van der Waals surface area contributed by atoms with Crippen LogP contribution in [0.1, 0.15) is 24.4 Å². The number of aromatic nitrogens is 2. The van der Waals surface area contributed by atoms with Crippen LogP contribution in [0.2, 0.25) is 10.0 Å². The van der Waals surface area contributed by atoms with E-state index >= 15 is 0 Å². The van der Waals surface area contributed by atoms with Crippen molar-refractivity contribution in [2.45, 2.75) is 19.9 Å². The largest absolute Gasteiger partial charge is 0.363 e. The smallest absolute Gasteiger partial charge is 0.138 e. The molecular weight excluding hydrogens is 325 g/mol. The Bertz CT molecular complexity index is 801. The number of hydrogen-bond acceptors (Lipinski definition) is 4. The molecule has 1 atom stereocenters. The van der Waals surface area contributed by atoms with Crippen LogP contribution in [0.3, 0.4) is 0 Å². The lowest BCUT2D eigenvalue weighted by Gasteiger charge is -2.17. The Labute approximate surface area is 137 Å². The monoisotopic (exact) mass is 337 g/mol. The molecule has 2 heterocycles. The van der Waals surface area contributed by atoms with Crippen LogP contribution in [-0.4, -0.2) is 9.97 Å². The first-order chi connectivity index (χ1) is 10.0. The summed E-state index contributed by atoms with van der Waals surface area (Å²) < 4.78 is 0. The van der Waals surface area contributed by atoms with Gasteiger partial charge in [0.05, 0.1) is 11.4 Å². The van der Waals surface area contributed by atoms with E-state index in [-0.39, 0.29) is 6.04 Å². The Hall–Kier alpha value is -1.36. The fourth-order valence-corrected chi connectivity index (χ4v) is 3.59. The summed E-state index contributed by atoms with van der Waals surface area (Å²) in [5, 5.41) is 7.75. The number of halogens is 2. The molecule has 3 nitrogen and oxygen atoms in total. The lowest BCUT2D eigenvalue weighted by atomic mass is 10.1. The van der Waals surface area contributed by atoms with Gasteiger partial charge >= 0.3 is 0 Å². The molecule has 0 saturated heterocycles. The van der Waals surface area contributed by atoms with Crippen molar-refractivity contribution >= 4 is 50.6 Å². The van der Waals surface area contributed by atoms with Gasteiger partial charge in [0.2, 0.25) is 0 Å². The maximum atomic E-state index is 6.26. The Kier molecular flexibility index (Phi) is 4.02. The van der Waals surface area contributed by atoms with Crippen molar-refractivity contribution in [3.8, 4) is 0 Å². The number of aryl methyl sites for hydroxylation is 1.